The second kappa shape index (κ2) is 8.03. The van der Waals surface area contributed by atoms with Crippen LogP contribution in [0.4, 0.5) is 5.69 Å². The highest BCUT2D eigenvalue weighted by atomic mass is 16.4. The van der Waals surface area contributed by atoms with Gasteiger partial charge in [0.2, 0.25) is 0 Å². The molecule has 0 fully saturated rings. The lowest BCUT2D eigenvalue weighted by Gasteiger charge is -2.14. The van der Waals surface area contributed by atoms with E-state index in [0.29, 0.717) is 12.5 Å². The average molecular weight is 290 g/mol. The summed E-state index contributed by atoms with van der Waals surface area (Å²) in [5.41, 5.74) is 4.12. The number of unbranched alkanes of at least 4 members (excludes halogenated alkanes) is 2. The van der Waals surface area contributed by atoms with Crippen LogP contribution >= 0.6 is 0 Å². The van der Waals surface area contributed by atoms with Crippen LogP contribution in [0.2, 0.25) is 0 Å². The molecule has 0 bridgehead atoms. The van der Waals surface area contributed by atoms with Crippen LogP contribution in [-0.4, -0.2) is 30.2 Å². The maximum atomic E-state index is 10.4. The Labute approximate surface area is 126 Å². The summed E-state index contributed by atoms with van der Waals surface area (Å²) in [4.78, 5) is 10.4. The van der Waals surface area contributed by atoms with Gasteiger partial charge in [0, 0.05) is 24.7 Å². The first-order valence-corrected chi connectivity index (χ1v) is 7.96. The van der Waals surface area contributed by atoms with Crippen LogP contribution in [-0.2, 0) is 17.6 Å². The summed E-state index contributed by atoms with van der Waals surface area (Å²) in [6.07, 6.45) is 5.28. The molecule has 0 aliphatic carbocycles. The molecule has 2 rings (SSSR count). The van der Waals surface area contributed by atoms with E-state index in [1.54, 1.807) is 0 Å². The third kappa shape index (κ3) is 5.38. The fourth-order valence-electron chi connectivity index (χ4n) is 2.84. The molecule has 1 aliphatic heterocycles. The lowest BCUT2D eigenvalue weighted by Crippen LogP contribution is -2.29. The summed E-state index contributed by atoms with van der Waals surface area (Å²) >= 11 is 0. The van der Waals surface area contributed by atoms with E-state index < -0.39 is 5.97 Å². The molecule has 116 valence electrons. The van der Waals surface area contributed by atoms with Gasteiger partial charge in [-0.05, 0) is 56.3 Å². The van der Waals surface area contributed by atoms with Crippen molar-refractivity contribution in [3.05, 3.63) is 29.3 Å². The molecule has 0 spiro atoms. The third-order valence-electron chi connectivity index (χ3n) is 3.98. The zero-order chi connectivity index (χ0) is 15.1. The van der Waals surface area contributed by atoms with Crippen molar-refractivity contribution in [2.24, 2.45) is 0 Å². The molecule has 0 amide bonds. The predicted molar refractivity (Wildman–Crippen MR) is 85.9 cm³/mol. The quantitative estimate of drug-likeness (QED) is 0.612. The molecule has 1 heterocycles. The maximum Gasteiger partial charge on any atom is 0.303 e. The van der Waals surface area contributed by atoms with Gasteiger partial charge < -0.3 is 15.7 Å². The van der Waals surface area contributed by atoms with Gasteiger partial charge in [0.1, 0.15) is 0 Å². The lowest BCUT2D eigenvalue weighted by molar-refractivity contribution is -0.137. The van der Waals surface area contributed by atoms with E-state index in [4.69, 9.17) is 5.11 Å². The van der Waals surface area contributed by atoms with Gasteiger partial charge in [-0.25, -0.2) is 0 Å². The van der Waals surface area contributed by atoms with E-state index in [0.717, 1.165) is 45.2 Å². The zero-order valence-electron chi connectivity index (χ0n) is 12.8. The Morgan fingerprint density at radius 1 is 1.38 bits per heavy atom. The Kier molecular flexibility index (Phi) is 6.05. The standard InChI is InChI=1S/C17H26N2O2/c1-13(18-9-4-2-3-5-17(20)21)11-14-6-7-16-15(12-14)8-10-19-16/h6-7,12-13,18-19H,2-5,8-11H2,1H3,(H,20,21). The Bertz CT molecular complexity index is 474. The number of hydrogen-bond acceptors (Lipinski definition) is 3. The van der Waals surface area contributed by atoms with E-state index in [2.05, 4.69) is 35.8 Å². The van der Waals surface area contributed by atoms with Gasteiger partial charge in [-0.3, -0.25) is 4.79 Å². The monoisotopic (exact) mass is 290 g/mol. The molecule has 1 aromatic carbocycles. The minimum absolute atomic E-state index is 0.290. The van der Waals surface area contributed by atoms with Crippen molar-refractivity contribution >= 4 is 11.7 Å². The number of carboxylic acids is 1. The molecular formula is C17H26N2O2. The van der Waals surface area contributed by atoms with Crippen LogP contribution < -0.4 is 10.6 Å². The molecule has 1 aliphatic rings. The van der Waals surface area contributed by atoms with Crippen molar-refractivity contribution in [2.75, 3.05) is 18.4 Å². The Balaban J connectivity index is 1.63. The number of anilines is 1. The van der Waals surface area contributed by atoms with Crippen LogP contribution in [0.1, 0.15) is 43.7 Å². The van der Waals surface area contributed by atoms with Crippen LogP contribution in [0.5, 0.6) is 0 Å². The van der Waals surface area contributed by atoms with E-state index in [1.807, 2.05) is 0 Å². The number of hydrogen-bond donors (Lipinski definition) is 3. The van der Waals surface area contributed by atoms with Crippen molar-refractivity contribution in [1.29, 1.82) is 0 Å². The number of nitrogens with one attached hydrogen (secondary N) is 2. The van der Waals surface area contributed by atoms with Crippen molar-refractivity contribution in [1.82, 2.24) is 5.32 Å². The van der Waals surface area contributed by atoms with Gasteiger partial charge in [0.05, 0.1) is 0 Å². The summed E-state index contributed by atoms with van der Waals surface area (Å²) in [5.74, 6) is -0.692. The Morgan fingerprint density at radius 2 is 2.24 bits per heavy atom. The van der Waals surface area contributed by atoms with Crippen molar-refractivity contribution in [3.63, 3.8) is 0 Å². The largest absolute Gasteiger partial charge is 0.481 e. The first kappa shape index (κ1) is 15.8. The fourth-order valence-corrected chi connectivity index (χ4v) is 2.84. The Morgan fingerprint density at radius 3 is 3.05 bits per heavy atom. The average Bonchev–Trinajstić information content (AvgIpc) is 2.89. The van der Waals surface area contributed by atoms with E-state index in [-0.39, 0.29) is 0 Å². The van der Waals surface area contributed by atoms with Gasteiger partial charge in [0.15, 0.2) is 0 Å². The normalized spacial score (nSPS) is 14.5. The minimum Gasteiger partial charge on any atom is -0.481 e. The zero-order valence-corrected chi connectivity index (χ0v) is 12.8. The second-order valence-corrected chi connectivity index (χ2v) is 5.93. The first-order chi connectivity index (χ1) is 10.1. The number of rotatable bonds is 9. The topological polar surface area (TPSA) is 61.4 Å². The molecule has 0 saturated carbocycles. The maximum absolute atomic E-state index is 10.4. The van der Waals surface area contributed by atoms with Crippen LogP contribution in [0, 0.1) is 0 Å². The van der Waals surface area contributed by atoms with E-state index in [9.17, 15) is 4.79 Å². The van der Waals surface area contributed by atoms with Gasteiger partial charge in [-0.1, -0.05) is 18.6 Å². The molecule has 0 aromatic heterocycles. The third-order valence-corrected chi connectivity index (χ3v) is 3.98. The Hall–Kier alpha value is -1.55. The number of carboxylic acid groups (broad SMARTS) is 1. The molecule has 1 unspecified atom stereocenters. The molecule has 4 nitrogen and oxygen atoms in total. The molecule has 4 heteroatoms. The summed E-state index contributed by atoms with van der Waals surface area (Å²) in [6.45, 7) is 4.24. The smallest absolute Gasteiger partial charge is 0.303 e. The lowest BCUT2D eigenvalue weighted by atomic mass is 10.0. The molecule has 3 N–H and O–H groups in total. The number of fused-ring (bicyclic) bond motifs is 1. The fraction of sp³-hybridized carbons (Fsp3) is 0.588. The van der Waals surface area contributed by atoms with E-state index in [1.165, 1.54) is 16.8 Å². The van der Waals surface area contributed by atoms with Crippen molar-refractivity contribution in [3.8, 4) is 0 Å². The van der Waals surface area contributed by atoms with Gasteiger partial charge in [-0.2, -0.15) is 0 Å². The number of aliphatic carboxylic acids is 1. The SMILES string of the molecule is CC(Cc1ccc2c(c1)CCN2)NCCCCCC(=O)O. The summed E-state index contributed by atoms with van der Waals surface area (Å²) in [5, 5.41) is 15.5. The van der Waals surface area contributed by atoms with Gasteiger partial charge >= 0.3 is 5.97 Å². The molecular weight excluding hydrogens is 264 g/mol. The number of carbonyl (C=O) groups is 1. The molecule has 1 aromatic rings. The van der Waals surface area contributed by atoms with Crippen molar-refractivity contribution < 1.29 is 9.90 Å². The van der Waals surface area contributed by atoms with Crippen LogP contribution in [0.25, 0.3) is 0 Å². The van der Waals surface area contributed by atoms with Crippen molar-refractivity contribution in [2.45, 2.75) is 51.5 Å². The van der Waals surface area contributed by atoms with Crippen LogP contribution in [0.3, 0.4) is 0 Å². The molecule has 0 radical (unpaired) electrons. The van der Waals surface area contributed by atoms with Gasteiger partial charge in [0.25, 0.3) is 0 Å². The summed E-state index contributed by atoms with van der Waals surface area (Å²) in [7, 11) is 0. The molecule has 1 atom stereocenters. The predicted octanol–water partition coefficient (Wildman–Crippen LogP) is 2.82. The van der Waals surface area contributed by atoms with Gasteiger partial charge in [-0.15, -0.1) is 0 Å². The second-order valence-electron chi connectivity index (χ2n) is 5.93. The highest BCUT2D eigenvalue weighted by molar-refractivity contribution is 5.66. The summed E-state index contributed by atoms with van der Waals surface area (Å²) < 4.78 is 0. The molecule has 21 heavy (non-hydrogen) atoms. The summed E-state index contributed by atoms with van der Waals surface area (Å²) in [6, 6.07) is 7.18. The first-order valence-electron chi connectivity index (χ1n) is 7.96. The highest BCUT2D eigenvalue weighted by Gasteiger charge is 2.11. The molecule has 0 saturated heterocycles. The highest BCUT2D eigenvalue weighted by Crippen LogP contribution is 2.23. The number of benzene rings is 1. The minimum atomic E-state index is -0.692. The van der Waals surface area contributed by atoms with E-state index >= 15 is 0 Å². The van der Waals surface area contributed by atoms with Crippen LogP contribution in [0.15, 0.2) is 18.2 Å².